The molecule has 0 saturated heterocycles. The molecule has 0 aromatic carbocycles. The van der Waals surface area contributed by atoms with Crippen LogP contribution in [0.5, 0.6) is 0 Å². The van der Waals surface area contributed by atoms with Crippen LogP contribution >= 0.6 is 11.3 Å². The van der Waals surface area contributed by atoms with E-state index in [4.69, 9.17) is 0 Å². The lowest BCUT2D eigenvalue weighted by Crippen LogP contribution is -2.26. The van der Waals surface area contributed by atoms with Gasteiger partial charge in [-0.3, -0.25) is 14.7 Å². The SMILES string of the molecule is Cc1nc2nc[nH]n2c(=O)c1CC(=O)Nc1nc2c(s1)CCCCCC2. The van der Waals surface area contributed by atoms with Gasteiger partial charge in [-0.05, 0) is 32.6 Å². The van der Waals surface area contributed by atoms with Gasteiger partial charge < -0.3 is 5.32 Å². The second-order valence-corrected chi connectivity index (χ2v) is 7.62. The summed E-state index contributed by atoms with van der Waals surface area (Å²) in [5.41, 5.74) is 1.69. The highest BCUT2D eigenvalue weighted by molar-refractivity contribution is 7.15. The molecule has 4 rings (SSSR count). The summed E-state index contributed by atoms with van der Waals surface area (Å²) < 4.78 is 1.24. The minimum Gasteiger partial charge on any atom is -0.302 e. The minimum absolute atomic E-state index is 0.0378. The van der Waals surface area contributed by atoms with Crippen molar-refractivity contribution in [2.45, 2.75) is 51.9 Å². The highest BCUT2D eigenvalue weighted by Gasteiger charge is 2.18. The number of carbonyl (C=O) groups excluding carboxylic acids is 1. The molecule has 0 fully saturated rings. The fraction of sp³-hybridized carbons (Fsp3) is 0.471. The molecule has 0 spiro atoms. The molecule has 1 aliphatic carbocycles. The van der Waals surface area contributed by atoms with Crippen LogP contribution in [0.2, 0.25) is 0 Å². The van der Waals surface area contributed by atoms with Crippen molar-refractivity contribution in [1.82, 2.24) is 24.6 Å². The van der Waals surface area contributed by atoms with Crippen molar-refractivity contribution in [2.75, 3.05) is 5.32 Å². The summed E-state index contributed by atoms with van der Waals surface area (Å²) >= 11 is 1.55. The fourth-order valence-electron chi connectivity index (χ4n) is 3.28. The predicted octanol–water partition coefficient (Wildman–Crippen LogP) is 2.02. The number of hydrogen-bond acceptors (Lipinski definition) is 6. The molecule has 26 heavy (non-hydrogen) atoms. The Balaban J connectivity index is 1.53. The van der Waals surface area contributed by atoms with E-state index in [1.807, 2.05) is 0 Å². The maximum absolute atomic E-state index is 12.5. The van der Waals surface area contributed by atoms with Gasteiger partial charge in [0.15, 0.2) is 5.13 Å². The third kappa shape index (κ3) is 3.26. The number of amides is 1. The largest absolute Gasteiger partial charge is 0.302 e. The molecule has 1 aliphatic rings. The van der Waals surface area contributed by atoms with Crippen molar-refractivity contribution in [2.24, 2.45) is 0 Å². The number of fused-ring (bicyclic) bond motifs is 2. The third-order valence-corrected chi connectivity index (χ3v) is 5.73. The summed E-state index contributed by atoms with van der Waals surface area (Å²) in [5, 5.41) is 6.18. The van der Waals surface area contributed by atoms with E-state index in [2.05, 4.69) is 25.4 Å². The summed E-state index contributed by atoms with van der Waals surface area (Å²) in [6, 6.07) is 0. The van der Waals surface area contributed by atoms with Gasteiger partial charge in [0.05, 0.1) is 23.4 Å². The van der Waals surface area contributed by atoms with Gasteiger partial charge >= 0.3 is 0 Å². The normalized spacial score (nSPS) is 14.7. The second-order valence-electron chi connectivity index (χ2n) is 6.53. The number of nitrogens with zero attached hydrogens (tertiary/aromatic N) is 4. The Labute approximate surface area is 153 Å². The number of aromatic amines is 1. The van der Waals surface area contributed by atoms with Crippen molar-refractivity contribution in [3.05, 3.63) is 38.5 Å². The summed E-state index contributed by atoms with van der Waals surface area (Å²) in [4.78, 5) is 39.0. The molecule has 136 valence electrons. The molecule has 2 N–H and O–H groups in total. The maximum atomic E-state index is 12.5. The average molecular weight is 372 g/mol. The standard InChI is InChI=1S/C17H20N6O2S/c1-10-11(15(25)23-16(20-10)18-9-19-23)8-14(24)22-17-21-12-6-4-2-3-5-7-13(12)26-17/h9H,2-8H2,1H3,(H,18,19,20)(H,21,22,24). The molecular formula is C17H20N6O2S. The van der Waals surface area contributed by atoms with Crippen LogP contribution in [0.3, 0.4) is 0 Å². The van der Waals surface area contributed by atoms with Crippen LogP contribution in [0.25, 0.3) is 5.78 Å². The highest BCUT2D eigenvalue weighted by atomic mass is 32.1. The predicted molar refractivity (Wildman–Crippen MR) is 98.7 cm³/mol. The van der Waals surface area contributed by atoms with E-state index in [9.17, 15) is 9.59 Å². The number of aryl methyl sites for hydroxylation is 3. The van der Waals surface area contributed by atoms with Gasteiger partial charge in [0.2, 0.25) is 5.91 Å². The Hall–Kier alpha value is -2.55. The lowest BCUT2D eigenvalue weighted by Gasteiger charge is -2.06. The topological polar surface area (TPSA) is 105 Å². The second kappa shape index (κ2) is 6.99. The molecule has 0 atom stereocenters. The zero-order chi connectivity index (χ0) is 18.1. The Morgan fingerprint density at radius 2 is 2.08 bits per heavy atom. The van der Waals surface area contributed by atoms with Gasteiger partial charge in [0, 0.05) is 4.88 Å². The number of aromatic nitrogens is 5. The molecule has 9 heteroatoms. The highest BCUT2D eigenvalue weighted by Crippen LogP contribution is 2.28. The van der Waals surface area contributed by atoms with E-state index in [1.165, 1.54) is 35.0 Å². The molecule has 0 aliphatic heterocycles. The molecule has 0 unspecified atom stereocenters. The van der Waals surface area contributed by atoms with Gasteiger partial charge in [-0.15, -0.1) is 11.3 Å². The lowest BCUT2D eigenvalue weighted by atomic mass is 10.0. The Morgan fingerprint density at radius 1 is 1.27 bits per heavy atom. The van der Waals surface area contributed by atoms with Crippen molar-refractivity contribution < 1.29 is 4.79 Å². The van der Waals surface area contributed by atoms with Crippen molar-refractivity contribution in [3.63, 3.8) is 0 Å². The first-order chi connectivity index (χ1) is 12.6. The monoisotopic (exact) mass is 372 g/mol. The van der Waals surface area contributed by atoms with E-state index in [0.717, 1.165) is 25.0 Å². The van der Waals surface area contributed by atoms with Crippen molar-refractivity contribution >= 4 is 28.2 Å². The van der Waals surface area contributed by atoms with E-state index >= 15 is 0 Å². The lowest BCUT2D eigenvalue weighted by molar-refractivity contribution is -0.115. The number of anilines is 1. The third-order valence-electron chi connectivity index (χ3n) is 4.66. The van der Waals surface area contributed by atoms with Crippen LogP contribution in [0.4, 0.5) is 5.13 Å². The van der Waals surface area contributed by atoms with Gasteiger partial charge in [-0.2, -0.15) is 4.52 Å². The number of hydrogen-bond donors (Lipinski definition) is 2. The molecule has 8 nitrogen and oxygen atoms in total. The number of rotatable bonds is 3. The van der Waals surface area contributed by atoms with Crippen LogP contribution in [0.1, 0.15) is 47.5 Å². The molecule has 3 aromatic rings. The number of carbonyl (C=O) groups is 1. The first-order valence-electron chi connectivity index (χ1n) is 8.82. The average Bonchev–Trinajstić information content (AvgIpc) is 3.18. The molecule has 1 amide bonds. The fourth-order valence-corrected chi connectivity index (χ4v) is 4.35. The first kappa shape index (κ1) is 16.9. The smallest absolute Gasteiger partial charge is 0.277 e. The van der Waals surface area contributed by atoms with E-state index < -0.39 is 0 Å². The van der Waals surface area contributed by atoms with Crippen molar-refractivity contribution in [3.8, 4) is 0 Å². The number of nitrogens with one attached hydrogen (secondary N) is 2. The molecule has 0 radical (unpaired) electrons. The van der Waals surface area contributed by atoms with Crippen LogP contribution in [-0.2, 0) is 24.1 Å². The van der Waals surface area contributed by atoms with Gasteiger partial charge in [-0.1, -0.05) is 12.8 Å². The summed E-state index contributed by atoms with van der Waals surface area (Å²) in [7, 11) is 0. The van der Waals surface area contributed by atoms with E-state index in [1.54, 1.807) is 18.3 Å². The summed E-state index contributed by atoms with van der Waals surface area (Å²) in [5.74, 6) is 0.0459. The first-order valence-corrected chi connectivity index (χ1v) is 9.63. The number of thiazole rings is 1. The van der Waals surface area contributed by atoms with Crippen LogP contribution in [0, 0.1) is 6.92 Å². The van der Waals surface area contributed by atoms with Gasteiger partial charge in [0.1, 0.15) is 6.33 Å². The molecule has 0 saturated carbocycles. The Kier molecular flexibility index (Phi) is 4.54. The van der Waals surface area contributed by atoms with Crippen LogP contribution < -0.4 is 10.9 Å². The molecule has 0 bridgehead atoms. The van der Waals surface area contributed by atoms with E-state index in [0.29, 0.717) is 22.2 Å². The zero-order valence-corrected chi connectivity index (χ0v) is 15.4. The molecule has 3 aromatic heterocycles. The van der Waals surface area contributed by atoms with Crippen molar-refractivity contribution in [1.29, 1.82) is 0 Å². The molecular weight excluding hydrogens is 352 g/mol. The Morgan fingerprint density at radius 3 is 2.92 bits per heavy atom. The van der Waals surface area contributed by atoms with E-state index in [-0.39, 0.29) is 17.9 Å². The van der Waals surface area contributed by atoms with Gasteiger partial charge in [0.25, 0.3) is 11.3 Å². The summed E-state index contributed by atoms with van der Waals surface area (Å²) in [6.45, 7) is 1.72. The molecule has 3 heterocycles. The minimum atomic E-state index is -0.299. The summed E-state index contributed by atoms with van der Waals surface area (Å²) in [6.07, 6.45) is 8.19. The Bertz CT molecular complexity index is 993. The van der Waals surface area contributed by atoms with Gasteiger partial charge in [-0.25, -0.2) is 15.0 Å². The maximum Gasteiger partial charge on any atom is 0.277 e. The van der Waals surface area contributed by atoms with Crippen LogP contribution in [0.15, 0.2) is 11.1 Å². The van der Waals surface area contributed by atoms with Crippen LogP contribution in [-0.4, -0.2) is 30.5 Å². The number of H-pyrrole nitrogens is 1. The zero-order valence-electron chi connectivity index (χ0n) is 14.5. The quantitative estimate of drug-likeness (QED) is 0.732.